The van der Waals surface area contributed by atoms with Gasteiger partial charge in [-0.05, 0) is 74.0 Å². The van der Waals surface area contributed by atoms with Crippen molar-refractivity contribution in [2.75, 3.05) is 12.9 Å². The first kappa shape index (κ1) is 21.9. The lowest BCUT2D eigenvalue weighted by Gasteiger charge is -2.60. The van der Waals surface area contributed by atoms with Crippen LogP contribution >= 0.6 is 11.8 Å². The number of hydrogen-bond donors (Lipinski definition) is 0. The SMILES string of the molecule is COc1cccc(CN(C(=O)CSc2ncnc3c2cnn3C)C23CC4CC(CC(C4)C2)C3)c1. The Bertz CT molecular complexity index is 1190. The Labute approximate surface area is 204 Å². The number of ether oxygens (including phenoxy) is 1. The maximum atomic E-state index is 13.9. The van der Waals surface area contributed by atoms with Crippen molar-refractivity contribution in [3.8, 4) is 5.75 Å². The summed E-state index contributed by atoms with van der Waals surface area (Å²) >= 11 is 1.50. The molecule has 178 valence electrons. The number of aryl methyl sites for hydroxylation is 1. The summed E-state index contributed by atoms with van der Waals surface area (Å²) < 4.78 is 7.21. The van der Waals surface area contributed by atoms with E-state index in [4.69, 9.17) is 4.74 Å². The van der Waals surface area contributed by atoms with Crippen LogP contribution in [0.3, 0.4) is 0 Å². The number of nitrogens with zero attached hydrogens (tertiary/aromatic N) is 5. The van der Waals surface area contributed by atoms with Crippen molar-refractivity contribution in [1.29, 1.82) is 0 Å². The van der Waals surface area contributed by atoms with E-state index in [0.717, 1.165) is 64.4 Å². The number of thioether (sulfide) groups is 1. The molecule has 3 aromatic rings. The summed E-state index contributed by atoms with van der Waals surface area (Å²) in [5.74, 6) is 3.73. The minimum absolute atomic E-state index is 0.00916. The van der Waals surface area contributed by atoms with Gasteiger partial charge in [0.1, 0.15) is 17.1 Å². The Morgan fingerprint density at radius 3 is 2.62 bits per heavy atom. The number of amides is 1. The van der Waals surface area contributed by atoms with Gasteiger partial charge < -0.3 is 9.64 Å². The molecule has 0 radical (unpaired) electrons. The van der Waals surface area contributed by atoms with Gasteiger partial charge in [-0.25, -0.2) is 9.97 Å². The molecule has 0 unspecified atom stereocenters. The molecule has 1 amide bonds. The van der Waals surface area contributed by atoms with Gasteiger partial charge in [0.25, 0.3) is 0 Å². The minimum Gasteiger partial charge on any atom is -0.497 e. The molecule has 0 atom stereocenters. The van der Waals surface area contributed by atoms with Crippen LogP contribution in [0.1, 0.15) is 44.1 Å². The van der Waals surface area contributed by atoms with Crippen LogP contribution in [0, 0.1) is 17.8 Å². The molecular formula is C26H31N5O2S. The van der Waals surface area contributed by atoms with Gasteiger partial charge >= 0.3 is 0 Å². The number of hydrogen-bond acceptors (Lipinski definition) is 6. The van der Waals surface area contributed by atoms with Crippen molar-refractivity contribution in [1.82, 2.24) is 24.6 Å². The Balaban J connectivity index is 1.28. The molecule has 2 aromatic heterocycles. The normalized spacial score (nSPS) is 27.3. The fraction of sp³-hybridized carbons (Fsp3) is 0.538. The molecule has 4 saturated carbocycles. The molecule has 0 aliphatic heterocycles. The smallest absolute Gasteiger partial charge is 0.233 e. The highest BCUT2D eigenvalue weighted by Crippen LogP contribution is 2.58. The lowest BCUT2D eigenvalue weighted by Crippen LogP contribution is -2.61. The van der Waals surface area contributed by atoms with Crippen molar-refractivity contribution < 1.29 is 9.53 Å². The van der Waals surface area contributed by atoms with Crippen molar-refractivity contribution in [2.45, 2.75) is 55.6 Å². The lowest BCUT2D eigenvalue weighted by molar-refractivity contribution is -0.149. The molecule has 0 saturated heterocycles. The molecule has 34 heavy (non-hydrogen) atoms. The third-order valence-electron chi connectivity index (χ3n) is 8.18. The monoisotopic (exact) mass is 477 g/mol. The van der Waals surface area contributed by atoms with E-state index in [1.165, 1.54) is 31.0 Å². The van der Waals surface area contributed by atoms with E-state index in [1.54, 1.807) is 24.3 Å². The second-order valence-corrected chi connectivity index (χ2v) is 11.4. The predicted octanol–water partition coefficient (Wildman–Crippen LogP) is 4.46. The van der Waals surface area contributed by atoms with Crippen LogP contribution in [0.25, 0.3) is 11.0 Å². The van der Waals surface area contributed by atoms with Gasteiger partial charge in [0.2, 0.25) is 5.91 Å². The van der Waals surface area contributed by atoms with E-state index in [1.807, 2.05) is 19.2 Å². The standard InChI is InChI=1S/C26H31N5O2S/c1-30-24-22(13-29-30)25(28-16-27-24)34-15-23(32)31(14-17-4-3-5-21(9-17)33-2)26-10-18-6-19(11-26)8-20(7-18)12-26/h3-5,9,13,16,18-20H,6-8,10-12,14-15H2,1-2H3. The zero-order valence-corrected chi connectivity index (χ0v) is 20.6. The highest BCUT2D eigenvalue weighted by atomic mass is 32.2. The summed E-state index contributed by atoms with van der Waals surface area (Å²) in [4.78, 5) is 25.0. The zero-order chi connectivity index (χ0) is 23.3. The van der Waals surface area contributed by atoms with Crippen LogP contribution in [0.4, 0.5) is 0 Å². The third kappa shape index (κ3) is 3.85. The van der Waals surface area contributed by atoms with Crippen LogP contribution in [-0.2, 0) is 18.4 Å². The molecule has 4 fully saturated rings. The van der Waals surface area contributed by atoms with Crippen molar-refractivity contribution >= 4 is 28.7 Å². The number of benzene rings is 1. The Morgan fingerprint density at radius 1 is 1.18 bits per heavy atom. The zero-order valence-electron chi connectivity index (χ0n) is 19.8. The number of carbonyl (C=O) groups excluding carboxylic acids is 1. The molecule has 8 heteroatoms. The molecular weight excluding hydrogens is 446 g/mol. The van der Waals surface area contributed by atoms with Gasteiger partial charge in [-0.2, -0.15) is 5.10 Å². The van der Waals surface area contributed by atoms with Crippen molar-refractivity contribution in [3.05, 3.63) is 42.4 Å². The van der Waals surface area contributed by atoms with Gasteiger partial charge in [0.15, 0.2) is 5.65 Å². The van der Waals surface area contributed by atoms with E-state index in [0.29, 0.717) is 12.3 Å². The van der Waals surface area contributed by atoms with Gasteiger partial charge in [-0.3, -0.25) is 9.48 Å². The maximum absolute atomic E-state index is 13.9. The van der Waals surface area contributed by atoms with Gasteiger partial charge in [-0.1, -0.05) is 23.9 Å². The van der Waals surface area contributed by atoms with Crippen LogP contribution in [-0.4, -0.2) is 49.0 Å². The molecule has 0 spiro atoms. The maximum Gasteiger partial charge on any atom is 0.233 e. The summed E-state index contributed by atoms with van der Waals surface area (Å²) in [6.45, 7) is 0.634. The molecule has 1 aromatic carbocycles. The highest BCUT2D eigenvalue weighted by molar-refractivity contribution is 8.00. The van der Waals surface area contributed by atoms with Crippen LogP contribution in [0.5, 0.6) is 5.75 Å². The summed E-state index contributed by atoms with van der Waals surface area (Å²) in [7, 11) is 3.57. The quantitative estimate of drug-likeness (QED) is 0.370. The Hall–Kier alpha value is -2.61. The second kappa shape index (κ2) is 8.56. The molecule has 7 rings (SSSR count). The van der Waals surface area contributed by atoms with Crippen LogP contribution < -0.4 is 4.74 Å². The summed E-state index contributed by atoms with van der Waals surface area (Å²) in [5.41, 5.74) is 1.91. The van der Waals surface area contributed by atoms with Crippen molar-refractivity contribution in [3.63, 3.8) is 0 Å². The van der Waals surface area contributed by atoms with Crippen LogP contribution in [0.15, 0.2) is 41.8 Å². The molecule has 4 aliphatic rings. The van der Waals surface area contributed by atoms with Gasteiger partial charge in [0, 0.05) is 19.1 Å². The third-order valence-corrected chi connectivity index (χ3v) is 9.17. The first-order valence-corrected chi connectivity index (χ1v) is 13.2. The Morgan fingerprint density at radius 2 is 1.91 bits per heavy atom. The summed E-state index contributed by atoms with van der Waals surface area (Å²) in [6, 6.07) is 8.16. The number of fused-ring (bicyclic) bond motifs is 1. The fourth-order valence-corrected chi connectivity index (χ4v) is 7.97. The number of carbonyl (C=O) groups is 1. The highest BCUT2D eigenvalue weighted by Gasteiger charge is 2.54. The molecule has 0 N–H and O–H groups in total. The number of rotatable bonds is 7. The van der Waals surface area contributed by atoms with Crippen molar-refractivity contribution in [2.24, 2.45) is 24.8 Å². The molecule has 7 nitrogen and oxygen atoms in total. The number of aromatic nitrogens is 4. The van der Waals surface area contributed by atoms with E-state index >= 15 is 0 Å². The van der Waals surface area contributed by atoms with Gasteiger partial charge in [-0.15, -0.1) is 0 Å². The predicted molar refractivity (Wildman–Crippen MR) is 131 cm³/mol. The summed E-state index contributed by atoms with van der Waals surface area (Å²) in [5, 5.41) is 6.03. The second-order valence-electron chi connectivity index (χ2n) is 10.4. The van der Waals surface area contributed by atoms with E-state index in [2.05, 4.69) is 32.1 Å². The summed E-state index contributed by atoms with van der Waals surface area (Å²) in [6.07, 6.45) is 10.9. The lowest BCUT2D eigenvalue weighted by atomic mass is 9.52. The Kier molecular flexibility index (Phi) is 5.51. The fourth-order valence-electron chi connectivity index (χ4n) is 7.13. The molecule has 2 heterocycles. The number of methoxy groups -OCH3 is 1. The van der Waals surface area contributed by atoms with E-state index < -0.39 is 0 Å². The topological polar surface area (TPSA) is 73.1 Å². The first-order valence-electron chi connectivity index (χ1n) is 12.2. The molecule has 4 bridgehead atoms. The average molecular weight is 478 g/mol. The van der Waals surface area contributed by atoms with E-state index in [-0.39, 0.29) is 11.4 Å². The van der Waals surface area contributed by atoms with Gasteiger partial charge in [0.05, 0.1) is 24.4 Å². The largest absolute Gasteiger partial charge is 0.497 e. The molecule has 4 aliphatic carbocycles. The minimum atomic E-state index is -0.00916. The average Bonchev–Trinajstić information content (AvgIpc) is 3.21. The first-order chi connectivity index (χ1) is 16.5. The van der Waals surface area contributed by atoms with E-state index in [9.17, 15) is 4.79 Å². The van der Waals surface area contributed by atoms with Crippen LogP contribution in [0.2, 0.25) is 0 Å².